The molecule has 1 heterocycles. The van der Waals surface area contributed by atoms with E-state index < -0.39 is 34.0 Å². The molecule has 170 valence electrons. The van der Waals surface area contributed by atoms with Gasteiger partial charge in [-0.25, -0.2) is 18.0 Å². The number of ether oxygens (including phenoxy) is 1. The van der Waals surface area contributed by atoms with E-state index in [0.717, 1.165) is 11.0 Å². The largest absolute Gasteiger partial charge is 0.449 e. The van der Waals surface area contributed by atoms with Crippen LogP contribution in [-0.4, -0.2) is 57.0 Å². The molecule has 32 heavy (non-hydrogen) atoms. The van der Waals surface area contributed by atoms with Crippen molar-refractivity contribution in [3.63, 3.8) is 0 Å². The Balaban J connectivity index is 1.85. The van der Waals surface area contributed by atoms with Gasteiger partial charge in [0.1, 0.15) is 0 Å². The standard InChI is InChI=1S/C21H22ClN3O6S/c1-3-25(15-7-5-4-6-8-15)32(29,30)16-9-10-18(22)17(13-16)20(27)31-14(2)19(26)24-12-11-23-21(24)28/h4-10,13-14H,3,11-12H2,1-2H3,(H,23,28). The second-order valence-electron chi connectivity index (χ2n) is 6.92. The molecule has 1 unspecified atom stereocenters. The number of carbonyl (C=O) groups is 3. The summed E-state index contributed by atoms with van der Waals surface area (Å²) < 4.78 is 32.8. The minimum Gasteiger partial charge on any atom is -0.449 e. The first-order chi connectivity index (χ1) is 15.2. The fraction of sp³-hybridized carbons (Fsp3) is 0.286. The summed E-state index contributed by atoms with van der Waals surface area (Å²) >= 11 is 6.12. The maximum absolute atomic E-state index is 13.2. The minimum atomic E-state index is -4.00. The van der Waals surface area contributed by atoms with E-state index in [1.165, 1.54) is 23.4 Å². The van der Waals surface area contributed by atoms with Gasteiger partial charge in [0, 0.05) is 19.6 Å². The molecule has 1 atom stereocenters. The van der Waals surface area contributed by atoms with Gasteiger partial charge in [-0.3, -0.25) is 14.0 Å². The molecule has 0 bridgehead atoms. The molecule has 3 amide bonds. The molecule has 9 nitrogen and oxygen atoms in total. The highest BCUT2D eigenvalue weighted by Gasteiger charge is 2.32. The number of hydrogen-bond acceptors (Lipinski definition) is 6. The molecule has 2 aromatic carbocycles. The van der Waals surface area contributed by atoms with E-state index in [9.17, 15) is 22.8 Å². The summed E-state index contributed by atoms with van der Waals surface area (Å²) in [6, 6.07) is 11.7. The SMILES string of the molecule is CCN(c1ccccc1)S(=O)(=O)c1ccc(Cl)c(C(=O)OC(C)C(=O)N2CCNC2=O)c1. The first-order valence-electron chi connectivity index (χ1n) is 9.84. The second kappa shape index (κ2) is 9.58. The summed E-state index contributed by atoms with van der Waals surface area (Å²) in [6.45, 7) is 3.66. The average molecular weight is 480 g/mol. The van der Waals surface area contributed by atoms with Crippen LogP contribution in [0.4, 0.5) is 10.5 Å². The lowest BCUT2D eigenvalue weighted by molar-refractivity contribution is -0.136. The lowest BCUT2D eigenvalue weighted by Gasteiger charge is -2.23. The Hall–Kier alpha value is -3.11. The minimum absolute atomic E-state index is 0.0322. The van der Waals surface area contributed by atoms with Crippen LogP contribution in [0.5, 0.6) is 0 Å². The molecular weight excluding hydrogens is 458 g/mol. The van der Waals surface area contributed by atoms with Crippen molar-refractivity contribution in [2.24, 2.45) is 0 Å². The van der Waals surface area contributed by atoms with E-state index in [2.05, 4.69) is 5.32 Å². The molecule has 1 fully saturated rings. The first kappa shape index (κ1) is 23.6. The monoisotopic (exact) mass is 479 g/mol. The number of benzene rings is 2. The zero-order chi connectivity index (χ0) is 23.5. The molecule has 1 aliphatic rings. The van der Waals surface area contributed by atoms with Crippen LogP contribution in [0.2, 0.25) is 5.02 Å². The van der Waals surface area contributed by atoms with Crippen LogP contribution in [-0.2, 0) is 19.6 Å². The average Bonchev–Trinajstić information content (AvgIpc) is 3.20. The highest BCUT2D eigenvalue weighted by atomic mass is 35.5. The number of carbonyl (C=O) groups excluding carboxylic acids is 3. The van der Waals surface area contributed by atoms with Crippen LogP contribution >= 0.6 is 11.6 Å². The zero-order valence-electron chi connectivity index (χ0n) is 17.4. The molecule has 1 saturated heterocycles. The van der Waals surface area contributed by atoms with Crippen molar-refractivity contribution in [3.05, 3.63) is 59.1 Å². The normalized spacial score (nSPS) is 14.6. The Morgan fingerprint density at radius 1 is 1.22 bits per heavy atom. The number of amides is 3. The van der Waals surface area contributed by atoms with Crippen molar-refractivity contribution < 1.29 is 27.5 Å². The first-order valence-corrected chi connectivity index (χ1v) is 11.7. The fourth-order valence-electron chi connectivity index (χ4n) is 3.21. The summed E-state index contributed by atoms with van der Waals surface area (Å²) in [6.07, 6.45) is -1.26. The predicted molar refractivity (Wildman–Crippen MR) is 118 cm³/mol. The van der Waals surface area contributed by atoms with Crippen molar-refractivity contribution >= 4 is 45.2 Å². The smallest absolute Gasteiger partial charge is 0.340 e. The van der Waals surface area contributed by atoms with Gasteiger partial charge in [0.2, 0.25) is 0 Å². The third kappa shape index (κ3) is 4.71. The number of anilines is 1. The molecule has 1 aliphatic heterocycles. The Labute approximate surface area is 190 Å². The highest BCUT2D eigenvalue weighted by molar-refractivity contribution is 7.92. The number of sulfonamides is 1. The van der Waals surface area contributed by atoms with Crippen molar-refractivity contribution in [1.82, 2.24) is 10.2 Å². The van der Waals surface area contributed by atoms with Crippen LogP contribution < -0.4 is 9.62 Å². The number of halogens is 1. The summed E-state index contributed by atoms with van der Waals surface area (Å²) in [5, 5.41) is 2.45. The fourth-order valence-corrected chi connectivity index (χ4v) is 4.91. The Morgan fingerprint density at radius 2 is 1.91 bits per heavy atom. The van der Waals surface area contributed by atoms with E-state index in [1.54, 1.807) is 37.3 Å². The molecule has 0 aliphatic carbocycles. The van der Waals surface area contributed by atoms with Gasteiger partial charge in [0.15, 0.2) is 6.10 Å². The Kier molecular flexibility index (Phi) is 7.05. The van der Waals surface area contributed by atoms with Gasteiger partial charge in [0.25, 0.3) is 15.9 Å². The Bertz CT molecular complexity index is 1140. The molecular formula is C21H22ClN3O6S. The molecule has 0 saturated carbocycles. The second-order valence-corrected chi connectivity index (χ2v) is 9.19. The molecule has 0 radical (unpaired) electrons. The lowest BCUT2D eigenvalue weighted by Crippen LogP contribution is -2.41. The van der Waals surface area contributed by atoms with E-state index in [4.69, 9.17) is 16.3 Å². The third-order valence-electron chi connectivity index (χ3n) is 4.83. The quantitative estimate of drug-likeness (QED) is 0.611. The third-order valence-corrected chi connectivity index (χ3v) is 7.06. The lowest BCUT2D eigenvalue weighted by atomic mass is 10.2. The predicted octanol–water partition coefficient (Wildman–Crippen LogP) is 2.65. The summed E-state index contributed by atoms with van der Waals surface area (Å²) in [7, 11) is -4.00. The van der Waals surface area contributed by atoms with Gasteiger partial charge in [-0.05, 0) is 44.2 Å². The van der Waals surface area contributed by atoms with E-state index in [-0.39, 0.29) is 28.6 Å². The van der Waals surface area contributed by atoms with Gasteiger partial charge in [-0.1, -0.05) is 29.8 Å². The molecule has 11 heteroatoms. The van der Waals surface area contributed by atoms with E-state index in [1.807, 2.05) is 0 Å². The maximum Gasteiger partial charge on any atom is 0.340 e. The Morgan fingerprint density at radius 3 is 2.50 bits per heavy atom. The van der Waals surface area contributed by atoms with Crippen LogP contribution in [0.1, 0.15) is 24.2 Å². The van der Waals surface area contributed by atoms with Gasteiger partial charge in [0.05, 0.1) is 21.2 Å². The number of nitrogens with zero attached hydrogens (tertiary/aromatic N) is 2. The molecule has 0 aromatic heterocycles. The van der Waals surface area contributed by atoms with E-state index in [0.29, 0.717) is 12.2 Å². The van der Waals surface area contributed by atoms with Crippen molar-refractivity contribution in [3.8, 4) is 0 Å². The van der Waals surface area contributed by atoms with Crippen molar-refractivity contribution in [2.45, 2.75) is 24.8 Å². The van der Waals surface area contributed by atoms with Crippen LogP contribution in [0.15, 0.2) is 53.4 Å². The number of para-hydroxylation sites is 1. The number of imide groups is 1. The summed E-state index contributed by atoms with van der Waals surface area (Å²) in [4.78, 5) is 37.5. The number of hydrogen-bond donors (Lipinski definition) is 1. The summed E-state index contributed by atoms with van der Waals surface area (Å²) in [5.41, 5.74) is 0.263. The van der Waals surface area contributed by atoms with Gasteiger partial charge >= 0.3 is 12.0 Å². The van der Waals surface area contributed by atoms with Crippen LogP contribution in [0.25, 0.3) is 0 Å². The molecule has 1 N–H and O–H groups in total. The van der Waals surface area contributed by atoms with Gasteiger partial charge < -0.3 is 10.1 Å². The number of rotatable bonds is 7. The van der Waals surface area contributed by atoms with Gasteiger partial charge in [-0.2, -0.15) is 0 Å². The van der Waals surface area contributed by atoms with Crippen molar-refractivity contribution in [2.75, 3.05) is 23.9 Å². The summed E-state index contributed by atoms with van der Waals surface area (Å²) in [5.74, 6) is -1.66. The van der Waals surface area contributed by atoms with Crippen LogP contribution in [0, 0.1) is 0 Å². The van der Waals surface area contributed by atoms with Crippen LogP contribution in [0.3, 0.4) is 0 Å². The number of nitrogens with one attached hydrogen (secondary N) is 1. The van der Waals surface area contributed by atoms with Crippen molar-refractivity contribution in [1.29, 1.82) is 0 Å². The zero-order valence-corrected chi connectivity index (χ0v) is 19.0. The molecule has 2 aromatic rings. The number of urea groups is 1. The number of esters is 1. The van der Waals surface area contributed by atoms with E-state index >= 15 is 0 Å². The topological polar surface area (TPSA) is 113 Å². The molecule has 3 rings (SSSR count). The highest BCUT2D eigenvalue weighted by Crippen LogP contribution is 2.27. The maximum atomic E-state index is 13.2. The van der Waals surface area contributed by atoms with Gasteiger partial charge in [-0.15, -0.1) is 0 Å². The molecule has 0 spiro atoms.